The molecule has 1 unspecified atom stereocenters. The quantitative estimate of drug-likeness (QED) is 0.695. The molecule has 9 heteroatoms. The second kappa shape index (κ2) is 8.24. The Morgan fingerprint density at radius 1 is 1.11 bits per heavy atom. The number of benzene rings is 2. The van der Waals surface area contributed by atoms with Crippen molar-refractivity contribution in [2.45, 2.75) is 37.3 Å². The van der Waals surface area contributed by atoms with Crippen LogP contribution in [0.25, 0.3) is 0 Å². The summed E-state index contributed by atoms with van der Waals surface area (Å²) in [4.78, 5) is 11.4. The zero-order chi connectivity index (χ0) is 20.3. The molecule has 1 atom stereocenters. The fraction of sp³-hybridized carbons (Fsp3) is 0.316. The topological polar surface area (TPSA) is 84.5 Å². The van der Waals surface area contributed by atoms with E-state index in [1.807, 2.05) is 0 Å². The first-order chi connectivity index (χ1) is 13.3. The van der Waals surface area contributed by atoms with Gasteiger partial charge in [-0.3, -0.25) is 4.79 Å². The van der Waals surface area contributed by atoms with Crippen molar-refractivity contribution in [3.63, 3.8) is 0 Å². The maximum atomic E-state index is 12.6. The summed E-state index contributed by atoms with van der Waals surface area (Å²) in [6.45, 7) is -1.50. The summed E-state index contributed by atoms with van der Waals surface area (Å²) in [6, 6.07) is 11.3. The third-order valence-electron chi connectivity index (χ3n) is 4.31. The first-order valence-electron chi connectivity index (χ1n) is 8.73. The normalized spacial score (nSPS) is 15.3. The average Bonchev–Trinajstić information content (AvgIpc) is 3.47. The Morgan fingerprint density at radius 2 is 1.75 bits per heavy atom. The second-order valence-electron chi connectivity index (χ2n) is 6.55. The fourth-order valence-corrected chi connectivity index (χ4v) is 4.04. The Hall–Kier alpha value is -2.52. The molecule has 0 saturated heterocycles. The van der Waals surface area contributed by atoms with Gasteiger partial charge in [-0.1, -0.05) is 24.3 Å². The molecule has 2 N–H and O–H groups in total. The van der Waals surface area contributed by atoms with Crippen molar-refractivity contribution in [1.29, 1.82) is 0 Å². The van der Waals surface area contributed by atoms with E-state index < -0.39 is 28.4 Å². The third kappa shape index (κ3) is 5.05. The third-order valence-corrected chi connectivity index (χ3v) is 5.89. The van der Waals surface area contributed by atoms with Crippen LogP contribution >= 0.6 is 0 Å². The summed E-state index contributed by atoms with van der Waals surface area (Å²) >= 11 is 0. The lowest BCUT2D eigenvalue weighted by Crippen LogP contribution is -2.27. The van der Waals surface area contributed by atoms with Gasteiger partial charge in [0.1, 0.15) is 10.6 Å². The van der Waals surface area contributed by atoms with Gasteiger partial charge < -0.3 is 10.1 Å². The second-order valence-corrected chi connectivity index (χ2v) is 8.24. The zero-order valence-electron chi connectivity index (χ0n) is 15.1. The van der Waals surface area contributed by atoms with Gasteiger partial charge in [-0.15, -0.1) is 0 Å². The maximum Gasteiger partial charge on any atom is 0.387 e. The van der Waals surface area contributed by atoms with Gasteiger partial charge in [0, 0.05) is 17.6 Å². The molecular weight excluding hydrogens is 390 g/mol. The molecule has 6 nitrogen and oxygen atoms in total. The van der Waals surface area contributed by atoms with Crippen LogP contribution in [0.3, 0.4) is 0 Å². The van der Waals surface area contributed by atoms with E-state index >= 15 is 0 Å². The minimum absolute atomic E-state index is 0.0165. The molecule has 2 aromatic carbocycles. The van der Waals surface area contributed by atoms with Crippen LogP contribution in [0.4, 0.5) is 14.5 Å². The van der Waals surface area contributed by atoms with Crippen LogP contribution in [0.2, 0.25) is 0 Å². The predicted molar refractivity (Wildman–Crippen MR) is 99.6 cm³/mol. The van der Waals surface area contributed by atoms with E-state index in [-0.39, 0.29) is 16.7 Å². The molecule has 3 rings (SSSR count). The minimum Gasteiger partial charge on any atom is -0.433 e. The number of rotatable bonds is 8. The standard InChI is InChI=1S/C19H20F2N2O4S/c1-12(13-8-10-15(11-9-13)22-18(24)14-6-7-14)23-28(25,26)17-5-3-2-4-16(17)27-19(20)21/h2-5,8-12,14,19,23H,6-7H2,1H3,(H,22,24). The van der Waals surface area contributed by atoms with Crippen LogP contribution in [-0.2, 0) is 14.8 Å². The first-order valence-corrected chi connectivity index (χ1v) is 10.2. The van der Waals surface area contributed by atoms with Crippen LogP contribution in [0, 0.1) is 5.92 Å². The van der Waals surface area contributed by atoms with Gasteiger partial charge in [0.25, 0.3) is 0 Å². The van der Waals surface area contributed by atoms with Gasteiger partial charge in [-0.05, 0) is 49.6 Å². The Morgan fingerprint density at radius 3 is 2.36 bits per heavy atom. The number of ether oxygens (including phenoxy) is 1. The van der Waals surface area contributed by atoms with E-state index in [2.05, 4.69) is 14.8 Å². The molecule has 0 bridgehead atoms. The molecule has 0 aliphatic heterocycles. The van der Waals surface area contributed by atoms with Crippen LogP contribution in [0.5, 0.6) is 5.75 Å². The number of hydrogen-bond donors (Lipinski definition) is 2. The number of para-hydroxylation sites is 1. The smallest absolute Gasteiger partial charge is 0.387 e. The lowest BCUT2D eigenvalue weighted by molar-refractivity contribution is -0.117. The molecule has 150 valence electrons. The minimum atomic E-state index is -4.09. The van der Waals surface area contributed by atoms with E-state index in [0.29, 0.717) is 11.3 Å². The number of sulfonamides is 1. The van der Waals surface area contributed by atoms with Crippen molar-refractivity contribution < 1.29 is 26.7 Å². The molecule has 0 radical (unpaired) electrons. The highest BCUT2D eigenvalue weighted by Crippen LogP contribution is 2.30. The number of hydrogen-bond acceptors (Lipinski definition) is 4. The predicted octanol–water partition coefficient (Wildman–Crippen LogP) is 3.68. The van der Waals surface area contributed by atoms with Crippen molar-refractivity contribution in [3.8, 4) is 5.75 Å². The van der Waals surface area contributed by atoms with E-state index in [0.717, 1.165) is 12.8 Å². The summed E-state index contributed by atoms with van der Waals surface area (Å²) < 4.78 is 57.1. The Balaban J connectivity index is 1.71. The molecule has 1 saturated carbocycles. The highest BCUT2D eigenvalue weighted by Gasteiger charge is 2.29. The molecule has 0 heterocycles. The Kier molecular flexibility index (Phi) is 5.95. The van der Waals surface area contributed by atoms with Crippen molar-refractivity contribution in [2.24, 2.45) is 5.92 Å². The number of alkyl halides is 2. The van der Waals surface area contributed by atoms with Gasteiger partial charge in [-0.2, -0.15) is 8.78 Å². The largest absolute Gasteiger partial charge is 0.433 e. The molecule has 2 aromatic rings. The lowest BCUT2D eigenvalue weighted by atomic mass is 10.1. The molecule has 0 aromatic heterocycles. The highest BCUT2D eigenvalue weighted by atomic mass is 32.2. The van der Waals surface area contributed by atoms with Crippen LogP contribution < -0.4 is 14.8 Å². The molecule has 1 fully saturated rings. The first kappa shape index (κ1) is 20.2. The number of carbonyl (C=O) groups excluding carboxylic acids is 1. The van der Waals surface area contributed by atoms with E-state index in [1.54, 1.807) is 31.2 Å². The van der Waals surface area contributed by atoms with Gasteiger partial charge >= 0.3 is 6.61 Å². The zero-order valence-corrected chi connectivity index (χ0v) is 15.9. The van der Waals surface area contributed by atoms with Gasteiger partial charge in [-0.25, -0.2) is 13.1 Å². The van der Waals surface area contributed by atoms with Crippen molar-refractivity contribution in [1.82, 2.24) is 4.72 Å². The monoisotopic (exact) mass is 410 g/mol. The molecular formula is C19H20F2N2O4S. The molecule has 1 aliphatic rings. The molecule has 1 amide bonds. The van der Waals surface area contributed by atoms with E-state index in [9.17, 15) is 22.0 Å². The van der Waals surface area contributed by atoms with Gasteiger partial charge in [0.05, 0.1) is 0 Å². The van der Waals surface area contributed by atoms with E-state index in [4.69, 9.17) is 0 Å². The Labute approximate surface area is 162 Å². The van der Waals surface area contributed by atoms with Crippen molar-refractivity contribution >= 4 is 21.6 Å². The van der Waals surface area contributed by atoms with E-state index in [1.165, 1.54) is 24.3 Å². The maximum absolute atomic E-state index is 12.6. The van der Waals surface area contributed by atoms with Crippen LogP contribution in [0.1, 0.15) is 31.4 Å². The number of halogens is 2. The SMILES string of the molecule is CC(NS(=O)(=O)c1ccccc1OC(F)F)c1ccc(NC(=O)C2CC2)cc1. The lowest BCUT2D eigenvalue weighted by Gasteiger charge is -2.17. The summed E-state index contributed by atoms with van der Waals surface area (Å²) in [6.07, 6.45) is 1.80. The molecule has 0 spiro atoms. The van der Waals surface area contributed by atoms with Gasteiger partial charge in [0.2, 0.25) is 15.9 Å². The van der Waals surface area contributed by atoms with Crippen LogP contribution in [-0.4, -0.2) is 20.9 Å². The number of amides is 1. The summed E-state index contributed by atoms with van der Waals surface area (Å²) in [5.74, 6) is -0.353. The highest BCUT2D eigenvalue weighted by molar-refractivity contribution is 7.89. The van der Waals surface area contributed by atoms with Gasteiger partial charge in [0.15, 0.2) is 0 Å². The van der Waals surface area contributed by atoms with Crippen LogP contribution in [0.15, 0.2) is 53.4 Å². The number of carbonyl (C=O) groups is 1. The molecule has 1 aliphatic carbocycles. The number of anilines is 1. The summed E-state index contributed by atoms with van der Waals surface area (Å²) in [7, 11) is -4.09. The Bertz CT molecular complexity index is 945. The summed E-state index contributed by atoms with van der Waals surface area (Å²) in [5, 5.41) is 2.80. The average molecular weight is 410 g/mol. The fourth-order valence-electron chi connectivity index (χ4n) is 2.67. The van der Waals surface area contributed by atoms with Crippen molar-refractivity contribution in [3.05, 3.63) is 54.1 Å². The summed E-state index contributed by atoms with van der Waals surface area (Å²) in [5.41, 5.74) is 1.28. The molecule has 28 heavy (non-hydrogen) atoms. The number of nitrogens with one attached hydrogen (secondary N) is 2. The van der Waals surface area contributed by atoms with Crippen molar-refractivity contribution in [2.75, 3.05) is 5.32 Å².